The molecule has 1 aliphatic rings. The fourth-order valence-electron chi connectivity index (χ4n) is 2.55. The Morgan fingerprint density at radius 2 is 2.16 bits per heavy atom. The van der Waals surface area contributed by atoms with E-state index in [0.29, 0.717) is 6.42 Å². The van der Waals surface area contributed by atoms with Crippen molar-refractivity contribution in [3.05, 3.63) is 34.9 Å². The average molecular weight is 260 g/mol. The molecule has 0 spiro atoms. The molecule has 0 atom stereocenters. The fourth-order valence-corrected chi connectivity index (χ4v) is 2.55. The molecule has 2 rings (SSSR count). The van der Waals surface area contributed by atoms with Gasteiger partial charge in [0.1, 0.15) is 0 Å². The first kappa shape index (κ1) is 14.1. The van der Waals surface area contributed by atoms with Gasteiger partial charge in [-0.15, -0.1) is 0 Å². The van der Waals surface area contributed by atoms with Gasteiger partial charge in [0.2, 0.25) is 5.91 Å². The maximum absolute atomic E-state index is 11.9. The van der Waals surface area contributed by atoms with Crippen molar-refractivity contribution in [3.63, 3.8) is 0 Å². The summed E-state index contributed by atoms with van der Waals surface area (Å²) in [5, 5.41) is 6.42. The number of nitrogens with one attached hydrogen (secondary N) is 2. The SMILES string of the molecule is CC(C)(C)NC(=O)CCc1cccc2c1CNCC2. The molecule has 1 aromatic rings. The minimum absolute atomic E-state index is 0.133. The Morgan fingerprint density at radius 1 is 1.37 bits per heavy atom. The minimum Gasteiger partial charge on any atom is -0.351 e. The van der Waals surface area contributed by atoms with Gasteiger partial charge in [-0.1, -0.05) is 18.2 Å². The Bertz CT molecular complexity index is 460. The molecular weight excluding hydrogens is 236 g/mol. The Kier molecular flexibility index (Phi) is 4.25. The molecular formula is C16H24N2O. The summed E-state index contributed by atoms with van der Waals surface area (Å²) in [6.07, 6.45) is 2.48. The van der Waals surface area contributed by atoms with Crippen LogP contribution in [0.1, 0.15) is 43.9 Å². The summed E-state index contributed by atoms with van der Waals surface area (Å²) in [7, 11) is 0. The van der Waals surface area contributed by atoms with E-state index in [-0.39, 0.29) is 11.4 Å². The maximum Gasteiger partial charge on any atom is 0.220 e. The van der Waals surface area contributed by atoms with Crippen LogP contribution in [0.25, 0.3) is 0 Å². The molecule has 0 fully saturated rings. The van der Waals surface area contributed by atoms with Crippen molar-refractivity contribution in [1.82, 2.24) is 10.6 Å². The van der Waals surface area contributed by atoms with Crippen LogP contribution in [0.15, 0.2) is 18.2 Å². The summed E-state index contributed by atoms with van der Waals surface area (Å²) in [6, 6.07) is 6.46. The van der Waals surface area contributed by atoms with Gasteiger partial charge in [0, 0.05) is 18.5 Å². The largest absolute Gasteiger partial charge is 0.351 e. The van der Waals surface area contributed by atoms with Gasteiger partial charge in [-0.25, -0.2) is 0 Å². The molecule has 0 unspecified atom stereocenters. The maximum atomic E-state index is 11.9. The van der Waals surface area contributed by atoms with E-state index in [1.807, 2.05) is 20.8 Å². The number of rotatable bonds is 3. The van der Waals surface area contributed by atoms with E-state index in [9.17, 15) is 4.79 Å². The van der Waals surface area contributed by atoms with E-state index in [4.69, 9.17) is 0 Å². The first-order valence-electron chi connectivity index (χ1n) is 7.07. The van der Waals surface area contributed by atoms with Gasteiger partial charge in [-0.2, -0.15) is 0 Å². The third-order valence-corrected chi connectivity index (χ3v) is 3.38. The molecule has 0 saturated carbocycles. The molecule has 1 heterocycles. The molecule has 3 heteroatoms. The summed E-state index contributed by atoms with van der Waals surface area (Å²) in [5.41, 5.74) is 4.01. The molecule has 19 heavy (non-hydrogen) atoms. The van der Waals surface area contributed by atoms with Crippen LogP contribution in [-0.2, 0) is 24.2 Å². The predicted molar refractivity (Wildman–Crippen MR) is 78.1 cm³/mol. The highest BCUT2D eigenvalue weighted by molar-refractivity contribution is 5.77. The van der Waals surface area contributed by atoms with Crippen LogP contribution in [0.5, 0.6) is 0 Å². The lowest BCUT2D eigenvalue weighted by Gasteiger charge is -2.22. The topological polar surface area (TPSA) is 41.1 Å². The van der Waals surface area contributed by atoms with E-state index in [0.717, 1.165) is 25.9 Å². The molecule has 0 saturated heterocycles. The van der Waals surface area contributed by atoms with Gasteiger partial charge in [-0.3, -0.25) is 4.79 Å². The summed E-state index contributed by atoms with van der Waals surface area (Å²) < 4.78 is 0. The van der Waals surface area contributed by atoms with Crippen molar-refractivity contribution in [3.8, 4) is 0 Å². The van der Waals surface area contributed by atoms with Crippen LogP contribution in [-0.4, -0.2) is 18.0 Å². The lowest BCUT2D eigenvalue weighted by Crippen LogP contribution is -2.40. The number of amides is 1. The highest BCUT2D eigenvalue weighted by Crippen LogP contribution is 2.19. The smallest absolute Gasteiger partial charge is 0.220 e. The number of hydrogen-bond donors (Lipinski definition) is 2. The minimum atomic E-state index is -0.144. The van der Waals surface area contributed by atoms with Gasteiger partial charge in [0.05, 0.1) is 0 Å². The summed E-state index contributed by atoms with van der Waals surface area (Å²) in [5.74, 6) is 0.133. The van der Waals surface area contributed by atoms with Gasteiger partial charge >= 0.3 is 0 Å². The average Bonchev–Trinajstić information content (AvgIpc) is 2.34. The van der Waals surface area contributed by atoms with Gasteiger partial charge < -0.3 is 10.6 Å². The van der Waals surface area contributed by atoms with E-state index in [1.54, 1.807) is 0 Å². The van der Waals surface area contributed by atoms with Crippen molar-refractivity contribution in [2.75, 3.05) is 6.54 Å². The molecule has 0 radical (unpaired) electrons. The molecule has 1 aliphatic heterocycles. The van der Waals surface area contributed by atoms with Crippen LogP contribution < -0.4 is 10.6 Å². The third kappa shape index (κ3) is 4.06. The number of aryl methyl sites for hydroxylation is 1. The van der Waals surface area contributed by atoms with Crippen molar-refractivity contribution >= 4 is 5.91 Å². The van der Waals surface area contributed by atoms with Crippen molar-refractivity contribution < 1.29 is 4.79 Å². The Hall–Kier alpha value is -1.35. The Labute approximate surface area is 115 Å². The monoisotopic (exact) mass is 260 g/mol. The quantitative estimate of drug-likeness (QED) is 0.874. The van der Waals surface area contributed by atoms with Gasteiger partial charge in [0.25, 0.3) is 0 Å². The second-order valence-corrected chi connectivity index (χ2v) is 6.28. The second kappa shape index (κ2) is 5.74. The van der Waals surface area contributed by atoms with Crippen LogP contribution in [0.3, 0.4) is 0 Å². The molecule has 0 aliphatic carbocycles. The van der Waals surface area contributed by atoms with Crippen LogP contribution >= 0.6 is 0 Å². The zero-order chi connectivity index (χ0) is 13.9. The van der Waals surface area contributed by atoms with Crippen molar-refractivity contribution in [2.24, 2.45) is 0 Å². The molecule has 0 aromatic heterocycles. The standard InChI is InChI=1S/C16H24N2O/c1-16(2,3)18-15(19)8-7-12-5-4-6-13-9-10-17-11-14(12)13/h4-6,17H,7-11H2,1-3H3,(H,18,19). The highest BCUT2D eigenvalue weighted by Gasteiger charge is 2.16. The summed E-state index contributed by atoms with van der Waals surface area (Å²) >= 11 is 0. The number of carbonyl (C=O) groups is 1. The normalized spacial score (nSPS) is 14.9. The summed E-state index contributed by atoms with van der Waals surface area (Å²) in [4.78, 5) is 11.9. The molecule has 3 nitrogen and oxygen atoms in total. The second-order valence-electron chi connectivity index (χ2n) is 6.28. The molecule has 104 valence electrons. The zero-order valence-electron chi connectivity index (χ0n) is 12.2. The van der Waals surface area contributed by atoms with E-state index in [2.05, 4.69) is 28.8 Å². The van der Waals surface area contributed by atoms with Crippen LogP contribution in [0, 0.1) is 0 Å². The molecule has 2 N–H and O–H groups in total. The Balaban J connectivity index is 1.98. The lowest BCUT2D eigenvalue weighted by atomic mass is 9.93. The number of benzene rings is 1. The highest BCUT2D eigenvalue weighted by atomic mass is 16.1. The van der Waals surface area contributed by atoms with Crippen LogP contribution in [0.4, 0.5) is 0 Å². The first-order chi connectivity index (χ1) is 8.96. The number of carbonyl (C=O) groups excluding carboxylic acids is 1. The fraction of sp³-hybridized carbons (Fsp3) is 0.562. The van der Waals surface area contributed by atoms with Gasteiger partial charge in [-0.05, 0) is 56.8 Å². The lowest BCUT2D eigenvalue weighted by molar-refractivity contribution is -0.122. The number of fused-ring (bicyclic) bond motifs is 1. The Morgan fingerprint density at radius 3 is 2.89 bits per heavy atom. The van der Waals surface area contributed by atoms with E-state index >= 15 is 0 Å². The zero-order valence-corrected chi connectivity index (χ0v) is 12.2. The number of hydrogen-bond acceptors (Lipinski definition) is 2. The van der Waals surface area contributed by atoms with Crippen LogP contribution in [0.2, 0.25) is 0 Å². The molecule has 1 aromatic carbocycles. The summed E-state index contributed by atoms with van der Waals surface area (Å²) in [6.45, 7) is 8.03. The predicted octanol–water partition coefficient (Wildman–Crippen LogP) is 2.18. The molecule has 0 bridgehead atoms. The van der Waals surface area contributed by atoms with E-state index < -0.39 is 0 Å². The van der Waals surface area contributed by atoms with Gasteiger partial charge in [0.15, 0.2) is 0 Å². The molecule has 1 amide bonds. The van der Waals surface area contributed by atoms with Crippen molar-refractivity contribution in [2.45, 2.75) is 52.1 Å². The third-order valence-electron chi connectivity index (χ3n) is 3.38. The van der Waals surface area contributed by atoms with Crippen molar-refractivity contribution in [1.29, 1.82) is 0 Å². The van der Waals surface area contributed by atoms with E-state index in [1.165, 1.54) is 16.7 Å². The first-order valence-corrected chi connectivity index (χ1v) is 7.07.